The number of aryl methyl sites for hydroxylation is 1. The maximum absolute atomic E-state index is 12.9. The fourth-order valence-electron chi connectivity index (χ4n) is 4.69. The Morgan fingerprint density at radius 1 is 1.18 bits per heavy atom. The van der Waals surface area contributed by atoms with Crippen LogP contribution < -0.4 is 15.0 Å². The Bertz CT molecular complexity index is 976. The van der Waals surface area contributed by atoms with Gasteiger partial charge in [-0.2, -0.15) is 0 Å². The van der Waals surface area contributed by atoms with Gasteiger partial charge in [-0.1, -0.05) is 32.4 Å². The van der Waals surface area contributed by atoms with Crippen LogP contribution >= 0.6 is 0 Å². The molecule has 2 amide bonds. The number of pyridine rings is 1. The van der Waals surface area contributed by atoms with Gasteiger partial charge in [0, 0.05) is 25.6 Å². The lowest BCUT2D eigenvalue weighted by Gasteiger charge is -2.31. The molecule has 2 aliphatic rings. The zero-order valence-electron chi connectivity index (χ0n) is 19.8. The molecule has 3 heterocycles. The van der Waals surface area contributed by atoms with Crippen molar-refractivity contribution in [3.05, 3.63) is 48.2 Å². The summed E-state index contributed by atoms with van der Waals surface area (Å²) in [4.78, 5) is 33.8. The maximum atomic E-state index is 12.9. The van der Waals surface area contributed by atoms with E-state index in [1.54, 1.807) is 6.20 Å². The van der Waals surface area contributed by atoms with Crippen LogP contribution in [0.5, 0.6) is 5.75 Å². The molecule has 176 valence electrons. The average Bonchev–Trinajstić information content (AvgIpc) is 3.12. The Morgan fingerprint density at radius 3 is 2.76 bits per heavy atom. The molecular formula is C26H34N4O3. The SMILES string of the molecule is Cc1cccc(OCC(=O)N2C[C@H]3CCCCN(c4ccc(NC(=O)C(C)C)cn4)[C@H]3C2)c1. The number of aromatic nitrogens is 1. The average molecular weight is 451 g/mol. The minimum atomic E-state index is -0.0760. The molecule has 0 aliphatic carbocycles. The van der Waals surface area contributed by atoms with Crippen LogP contribution in [-0.2, 0) is 9.59 Å². The summed E-state index contributed by atoms with van der Waals surface area (Å²) in [5.74, 6) is 2.00. The van der Waals surface area contributed by atoms with Gasteiger partial charge in [-0.05, 0) is 55.5 Å². The molecule has 2 fully saturated rings. The van der Waals surface area contributed by atoms with Crippen molar-refractivity contribution < 1.29 is 14.3 Å². The number of nitrogens with one attached hydrogen (secondary N) is 1. The monoisotopic (exact) mass is 450 g/mol. The van der Waals surface area contributed by atoms with E-state index in [4.69, 9.17) is 4.74 Å². The molecule has 1 aromatic carbocycles. The normalized spacial score (nSPS) is 20.4. The largest absolute Gasteiger partial charge is 0.484 e. The molecule has 0 spiro atoms. The lowest BCUT2D eigenvalue weighted by atomic mass is 9.98. The van der Waals surface area contributed by atoms with Crippen molar-refractivity contribution >= 4 is 23.3 Å². The van der Waals surface area contributed by atoms with Gasteiger partial charge in [-0.15, -0.1) is 0 Å². The molecule has 0 bridgehead atoms. The second-order valence-corrected chi connectivity index (χ2v) is 9.47. The lowest BCUT2D eigenvalue weighted by molar-refractivity contribution is -0.132. The summed E-state index contributed by atoms with van der Waals surface area (Å²) < 4.78 is 5.76. The number of rotatable bonds is 6. The first-order chi connectivity index (χ1) is 15.9. The second kappa shape index (κ2) is 10.2. The first-order valence-corrected chi connectivity index (χ1v) is 11.9. The molecule has 4 rings (SSSR count). The second-order valence-electron chi connectivity index (χ2n) is 9.47. The first kappa shape index (κ1) is 23.1. The van der Waals surface area contributed by atoms with Crippen LogP contribution in [0, 0.1) is 18.8 Å². The minimum absolute atomic E-state index is 0.0165. The van der Waals surface area contributed by atoms with Gasteiger partial charge in [0.1, 0.15) is 11.6 Å². The van der Waals surface area contributed by atoms with Gasteiger partial charge < -0.3 is 19.9 Å². The van der Waals surface area contributed by atoms with Crippen molar-refractivity contribution in [2.24, 2.45) is 11.8 Å². The molecule has 2 aromatic rings. The molecule has 0 saturated carbocycles. The number of anilines is 2. The van der Waals surface area contributed by atoms with Crippen LogP contribution in [0.25, 0.3) is 0 Å². The zero-order valence-corrected chi connectivity index (χ0v) is 19.8. The van der Waals surface area contributed by atoms with Crippen molar-refractivity contribution in [1.29, 1.82) is 0 Å². The van der Waals surface area contributed by atoms with E-state index in [0.717, 1.165) is 49.5 Å². The highest BCUT2D eigenvalue weighted by Gasteiger charge is 2.40. The van der Waals surface area contributed by atoms with Crippen LogP contribution in [0.15, 0.2) is 42.6 Å². The third-order valence-corrected chi connectivity index (χ3v) is 6.57. The summed E-state index contributed by atoms with van der Waals surface area (Å²) in [6.07, 6.45) is 5.11. The van der Waals surface area contributed by atoms with E-state index in [0.29, 0.717) is 18.2 Å². The fourth-order valence-corrected chi connectivity index (χ4v) is 4.69. The number of benzene rings is 1. The number of carbonyl (C=O) groups is 2. The molecule has 1 aromatic heterocycles. The standard InChI is InChI=1S/C26H34N4O3/c1-18(2)26(32)28-21-10-11-24(27-14-21)30-12-5-4-8-20-15-29(16-23(20)30)25(31)17-33-22-9-6-7-19(3)13-22/h6-7,9-11,13-14,18,20,23H,4-5,8,12,15-17H2,1-3H3,(H,28,32)/t20-,23+/m1/s1. The predicted octanol–water partition coefficient (Wildman–Crippen LogP) is 3.88. The van der Waals surface area contributed by atoms with Crippen LogP contribution in [0.4, 0.5) is 11.5 Å². The Kier molecular flexibility index (Phi) is 7.16. The Morgan fingerprint density at radius 2 is 2.03 bits per heavy atom. The van der Waals surface area contributed by atoms with Crippen LogP contribution in [0.2, 0.25) is 0 Å². The summed E-state index contributed by atoms with van der Waals surface area (Å²) in [6, 6.07) is 11.9. The van der Waals surface area contributed by atoms with Crippen molar-refractivity contribution in [2.75, 3.05) is 36.5 Å². The molecule has 7 heteroatoms. The van der Waals surface area contributed by atoms with Crippen LogP contribution in [0.1, 0.15) is 38.7 Å². The molecule has 2 saturated heterocycles. The number of ether oxygens (including phenoxy) is 1. The van der Waals surface area contributed by atoms with Gasteiger partial charge in [0.15, 0.2) is 6.61 Å². The predicted molar refractivity (Wildman–Crippen MR) is 129 cm³/mol. The van der Waals surface area contributed by atoms with E-state index >= 15 is 0 Å². The summed E-state index contributed by atoms with van der Waals surface area (Å²) in [7, 11) is 0. The van der Waals surface area contributed by atoms with Gasteiger partial charge in [0.25, 0.3) is 5.91 Å². The Balaban J connectivity index is 1.40. The van der Waals surface area contributed by atoms with E-state index in [-0.39, 0.29) is 30.4 Å². The van der Waals surface area contributed by atoms with Crippen molar-refractivity contribution in [3.63, 3.8) is 0 Å². The highest BCUT2D eigenvalue weighted by Crippen LogP contribution is 2.33. The van der Waals surface area contributed by atoms with E-state index in [1.165, 1.54) is 0 Å². The van der Waals surface area contributed by atoms with Crippen molar-refractivity contribution in [2.45, 2.75) is 46.1 Å². The molecule has 33 heavy (non-hydrogen) atoms. The highest BCUT2D eigenvalue weighted by atomic mass is 16.5. The summed E-state index contributed by atoms with van der Waals surface area (Å²) in [5.41, 5.74) is 1.82. The van der Waals surface area contributed by atoms with Gasteiger partial charge in [0.05, 0.1) is 17.9 Å². The lowest BCUT2D eigenvalue weighted by Crippen LogP contribution is -2.42. The van der Waals surface area contributed by atoms with Gasteiger partial charge in [-0.25, -0.2) is 4.98 Å². The Labute approximate surface area is 196 Å². The summed E-state index contributed by atoms with van der Waals surface area (Å²) in [6.45, 7) is 8.18. The third-order valence-electron chi connectivity index (χ3n) is 6.57. The molecule has 2 aliphatic heterocycles. The number of likely N-dealkylation sites (tertiary alicyclic amines) is 1. The quantitative estimate of drug-likeness (QED) is 0.723. The number of hydrogen-bond acceptors (Lipinski definition) is 5. The number of hydrogen-bond donors (Lipinski definition) is 1. The number of fused-ring (bicyclic) bond motifs is 1. The molecule has 0 unspecified atom stereocenters. The number of carbonyl (C=O) groups excluding carboxylic acids is 2. The van der Waals surface area contributed by atoms with Crippen molar-refractivity contribution in [1.82, 2.24) is 9.88 Å². The first-order valence-electron chi connectivity index (χ1n) is 11.9. The molecule has 7 nitrogen and oxygen atoms in total. The smallest absolute Gasteiger partial charge is 0.260 e. The van der Waals surface area contributed by atoms with Gasteiger partial charge >= 0.3 is 0 Å². The number of nitrogens with zero attached hydrogens (tertiary/aromatic N) is 3. The third kappa shape index (κ3) is 5.64. The van der Waals surface area contributed by atoms with E-state index in [2.05, 4.69) is 15.2 Å². The zero-order chi connectivity index (χ0) is 23.4. The topological polar surface area (TPSA) is 74.8 Å². The van der Waals surface area contributed by atoms with Gasteiger partial charge in [-0.3, -0.25) is 9.59 Å². The fraction of sp³-hybridized carbons (Fsp3) is 0.500. The summed E-state index contributed by atoms with van der Waals surface area (Å²) >= 11 is 0. The van der Waals surface area contributed by atoms with E-state index in [9.17, 15) is 9.59 Å². The van der Waals surface area contributed by atoms with Crippen LogP contribution in [0.3, 0.4) is 0 Å². The number of amides is 2. The van der Waals surface area contributed by atoms with E-state index < -0.39 is 0 Å². The maximum Gasteiger partial charge on any atom is 0.260 e. The molecule has 0 radical (unpaired) electrons. The van der Waals surface area contributed by atoms with Crippen molar-refractivity contribution in [3.8, 4) is 5.75 Å². The minimum Gasteiger partial charge on any atom is -0.484 e. The molecular weight excluding hydrogens is 416 g/mol. The molecule has 2 atom stereocenters. The van der Waals surface area contributed by atoms with Crippen LogP contribution in [-0.4, -0.2) is 54.0 Å². The summed E-state index contributed by atoms with van der Waals surface area (Å²) in [5, 5.41) is 2.90. The Hall–Kier alpha value is -3.09. The highest BCUT2D eigenvalue weighted by molar-refractivity contribution is 5.91. The van der Waals surface area contributed by atoms with E-state index in [1.807, 2.05) is 62.1 Å². The molecule has 1 N–H and O–H groups in total. The van der Waals surface area contributed by atoms with Gasteiger partial charge in [0.2, 0.25) is 5.91 Å².